The van der Waals surface area contributed by atoms with Gasteiger partial charge in [0.05, 0.1) is 6.54 Å². The number of hydrogen-bond acceptors (Lipinski definition) is 5. The molecule has 2 aliphatic rings. The lowest BCUT2D eigenvalue weighted by atomic mass is 9.98. The molecule has 178 valence electrons. The molecule has 1 saturated carbocycles. The van der Waals surface area contributed by atoms with Gasteiger partial charge in [0.1, 0.15) is 13.2 Å². The second kappa shape index (κ2) is 10.4. The number of alkyl carbamates (subject to hydrolysis) is 1. The molecule has 9 nitrogen and oxygen atoms in total. The van der Waals surface area contributed by atoms with Gasteiger partial charge < -0.3 is 25.8 Å². The van der Waals surface area contributed by atoms with Crippen LogP contribution in [-0.2, 0) is 19.1 Å². The van der Waals surface area contributed by atoms with E-state index in [4.69, 9.17) is 9.84 Å². The molecule has 0 radical (unpaired) electrons. The zero-order valence-electron chi connectivity index (χ0n) is 18.6. The van der Waals surface area contributed by atoms with E-state index in [1.54, 1.807) is 0 Å². The van der Waals surface area contributed by atoms with E-state index in [2.05, 4.69) is 28.1 Å². The van der Waals surface area contributed by atoms with Gasteiger partial charge in [-0.3, -0.25) is 14.4 Å². The normalized spacial score (nSPS) is 14.9. The Labute approximate surface area is 196 Å². The molecule has 0 saturated heterocycles. The Kier molecular flexibility index (Phi) is 7.10. The van der Waals surface area contributed by atoms with Crippen LogP contribution in [0.4, 0.5) is 4.79 Å². The average molecular weight is 466 g/mol. The highest BCUT2D eigenvalue weighted by Crippen LogP contribution is 2.44. The van der Waals surface area contributed by atoms with Gasteiger partial charge in [0, 0.05) is 18.4 Å². The summed E-state index contributed by atoms with van der Waals surface area (Å²) in [5.41, 5.74) is 4.53. The highest BCUT2D eigenvalue weighted by molar-refractivity contribution is 5.87. The molecule has 0 spiro atoms. The number of carbonyl (C=O) groups excluding carboxylic acids is 3. The van der Waals surface area contributed by atoms with Crippen molar-refractivity contribution in [1.29, 1.82) is 0 Å². The van der Waals surface area contributed by atoms with Crippen LogP contribution in [0.3, 0.4) is 0 Å². The predicted molar refractivity (Wildman–Crippen MR) is 123 cm³/mol. The summed E-state index contributed by atoms with van der Waals surface area (Å²) in [4.78, 5) is 46.9. The van der Waals surface area contributed by atoms with Crippen molar-refractivity contribution in [2.24, 2.45) is 5.92 Å². The Balaban J connectivity index is 1.28. The quantitative estimate of drug-likeness (QED) is 0.424. The lowest BCUT2D eigenvalue weighted by Crippen LogP contribution is -2.43. The fourth-order valence-corrected chi connectivity index (χ4v) is 4.31. The summed E-state index contributed by atoms with van der Waals surface area (Å²) < 4.78 is 5.58. The lowest BCUT2D eigenvalue weighted by Gasteiger charge is -2.19. The maximum absolute atomic E-state index is 12.6. The van der Waals surface area contributed by atoms with Crippen molar-refractivity contribution in [1.82, 2.24) is 16.0 Å². The number of hydrogen-bond donors (Lipinski definition) is 4. The summed E-state index contributed by atoms with van der Waals surface area (Å²) in [5, 5.41) is 16.0. The van der Waals surface area contributed by atoms with E-state index in [0.717, 1.165) is 35.1 Å². The molecule has 2 aliphatic carbocycles. The van der Waals surface area contributed by atoms with Crippen LogP contribution in [-0.4, -0.2) is 54.7 Å². The molecule has 0 aliphatic heterocycles. The van der Waals surface area contributed by atoms with Gasteiger partial charge in [-0.2, -0.15) is 0 Å². The van der Waals surface area contributed by atoms with Crippen LogP contribution in [0.2, 0.25) is 0 Å². The van der Waals surface area contributed by atoms with Gasteiger partial charge in [0.25, 0.3) is 0 Å². The summed E-state index contributed by atoms with van der Waals surface area (Å²) in [7, 11) is 0. The number of carboxylic acids is 1. The summed E-state index contributed by atoms with van der Waals surface area (Å²) in [6.07, 6.45) is 1.24. The maximum Gasteiger partial charge on any atom is 0.407 e. The number of amides is 3. The number of ether oxygens (including phenoxy) is 1. The predicted octanol–water partition coefficient (Wildman–Crippen LogP) is 2.01. The van der Waals surface area contributed by atoms with Crippen molar-refractivity contribution in [3.63, 3.8) is 0 Å². The molecule has 3 amide bonds. The summed E-state index contributed by atoms with van der Waals surface area (Å²) >= 11 is 0. The van der Waals surface area contributed by atoms with E-state index >= 15 is 0 Å². The van der Waals surface area contributed by atoms with Gasteiger partial charge in [0.2, 0.25) is 11.8 Å². The van der Waals surface area contributed by atoms with Crippen LogP contribution < -0.4 is 16.0 Å². The smallest absolute Gasteiger partial charge is 0.407 e. The minimum Gasteiger partial charge on any atom is -0.480 e. The van der Waals surface area contributed by atoms with Gasteiger partial charge in [-0.1, -0.05) is 48.5 Å². The Morgan fingerprint density at radius 1 is 0.882 bits per heavy atom. The standard InChI is InChI=1S/C25H27N3O6/c29-22(26-12-23(30)27-13-24(31)32)11-21(15-9-10-15)28-25(33)34-14-20-18-7-3-1-5-16(18)17-6-2-4-8-19(17)20/h1-8,15,20-21H,9-14H2,(H,26,29)(H,27,30)(H,28,33)(H,31,32). The highest BCUT2D eigenvalue weighted by Gasteiger charge is 2.35. The molecule has 34 heavy (non-hydrogen) atoms. The Morgan fingerprint density at radius 2 is 1.47 bits per heavy atom. The first-order valence-corrected chi connectivity index (χ1v) is 11.3. The number of benzene rings is 2. The summed E-state index contributed by atoms with van der Waals surface area (Å²) in [5.74, 6) is -2.03. The first kappa shape index (κ1) is 23.3. The Morgan fingerprint density at radius 3 is 2.06 bits per heavy atom. The van der Waals surface area contributed by atoms with Crippen LogP contribution in [0.15, 0.2) is 48.5 Å². The molecule has 0 bridgehead atoms. The van der Waals surface area contributed by atoms with E-state index in [0.29, 0.717) is 0 Å². The van der Waals surface area contributed by atoms with Crippen molar-refractivity contribution in [3.05, 3.63) is 59.7 Å². The van der Waals surface area contributed by atoms with Crippen molar-refractivity contribution in [2.45, 2.75) is 31.2 Å². The first-order valence-electron chi connectivity index (χ1n) is 11.3. The van der Waals surface area contributed by atoms with E-state index < -0.39 is 36.5 Å². The number of rotatable bonds is 10. The average Bonchev–Trinajstić information content (AvgIpc) is 3.63. The minimum absolute atomic E-state index is 0.0150. The third-order valence-electron chi connectivity index (χ3n) is 6.13. The second-order valence-corrected chi connectivity index (χ2v) is 8.57. The monoisotopic (exact) mass is 465 g/mol. The maximum atomic E-state index is 12.6. The zero-order valence-corrected chi connectivity index (χ0v) is 18.6. The molecular weight excluding hydrogens is 438 g/mol. The Bertz CT molecular complexity index is 1050. The van der Waals surface area contributed by atoms with E-state index in [1.807, 2.05) is 36.4 Å². The molecule has 4 N–H and O–H groups in total. The molecule has 2 aromatic rings. The topological polar surface area (TPSA) is 134 Å². The summed E-state index contributed by atoms with van der Waals surface area (Å²) in [6, 6.07) is 15.8. The minimum atomic E-state index is -1.17. The third-order valence-corrected chi connectivity index (χ3v) is 6.13. The number of fused-ring (bicyclic) bond motifs is 3. The zero-order chi connectivity index (χ0) is 24.1. The molecular formula is C25H27N3O6. The molecule has 9 heteroatoms. The molecule has 0 aromatic heterocycles. The van der Waals surface area contributed by atoms with Gasteiger partial charge in [-0.05, 0) is 41.0 Å². The van der Waals surface area contributed by atoms with E-state index in [9.17, 15) is 19.2 Å². The van der Waals surface area contributed by atoms with Crippen molar-refractivity contribution in [3.8, 4) is 11.1 Å². The molecule has 1 unspecified atom stereocenters. The van der Waals surface area contributed by atoms with Crippen LogP contribution in [0.1, 0.15) is 36.3 Å². The van der Waals surface area contributed by atoms with Gasteiger partial charge in [0.15, 0.2) is 0 Å². The number of aliphatic carboxylic acids is 1. The molecule has 1 atom stereocenters. The molecule has 2 aromatic carbocycles. The van der Waals surface area contributed by atoms with E-state index in [1.165, 1.54) is 0 Å². The largest absolute Gasteiger partial charge is 0.480 e. The van der Waals surface area contributed by atoms with Crippen molar-refractivity contribution < 1.29 is 29.0 Å². The Hall–Kier alpha value is -3.88. The third kappa shape index (κ3) is 5.72. The molecule has 4 rings (SSSR count). The van der Waals surface area contributed by atoms with Crippen LogP contribution in [0.25, 0.3) is 11.1 Å². The van der Waals surface area contributed by atoms with Gasteiger partial charge >= 0.3 is 12.1 Å². The van der Waals surface area contributed by atoms with Crippen LogP contribution >= 0.6 is 0 Å². The molecule has 1 fully saturated rings. The van der Waals surface area contributed by atoms with Gasteiger partial charge in [-0.25, -0.2) is 4.79 Å². The van der Waals surface area contributed by atoms with Crippen molar-refractivity contribution >= 4 is 23.9 Å². The fourth-order valence-electron chi connectivity index (χ4n) is 4.31. The van der Waals surface area contributed by atoms with Crippen LogP contribution in [0.5, 0.6) is 0 Å². The van der Waals surface area contributed by atoms with Crippen molar-refractivity contribution in [2.75, 3.05) is 19.7 Å². The summed E-state index contributed by atoms with van der Waals surface area (Å²) in [6.45, 7) is -0.648. The fraction of sp³-hybridized carbons (Fsp3) is 0.360. The van der Waals surface area contributed by atoms with Gasteiger partial charge in [-0.15, -0.1) is 0 Å². The first-order chi connectivity index (χ1) is 16.4. The van der Waals surface area contributed by atoms with E-state index in [-0.39, 0.29) is 31.4 Å². The highest BCUT2D eigenvalue weighted by atomic mass is 16.5. The second-order valence-electron chi connectivity index (χ2n) is 8.57. The number of carbonyl (C=O) groups is 4. The SMILES string of the molecule is O=C(O)CNC(=O)CNC(=O)CC(NC(=O)OCC1c2ccccc2-c2ccccc21)C1CC1. The number of nitrogens with one attached hydrogen (secondary N) is 3. The lowest BCUT2D eigenvalue weighted by molar-refractivity contribution is -0.137. The van der Waals surface area contributed by atoms with Crippen LogP contribution in [0, 0.1) is 5.92 Å². The number of carboxylic acid groups (broad SMARTS) is 1. The molecule has 0 heterocycles.